The molecule has 1 amide bonds. The number of benzene rings is 1. The lowest BCUT2D eigenvalue weighted by Gasteiger charge is -2.30. The number of ether oxygens (including phenoxy) is 3. The fourth-order valence-corrected chi connectivity index (χ4v) is 3.58. The van der Waals surface area contributed by atoms with Gasteiger partial charge >= 0.3 is 11.9 Å². The summed E-state index contributed by atoms with van der Waals surface area (Å²) in [6, 6.07) is 5.29. The normalized spacial score (nSPS) is 19.6. The summed E-state index contributed by atoms with van der Waals surface area (Å²) in [5, 5.41) is 0.580. The Kier molecular flexibility index (Phi) is 6.21. The summed E-state index contributed by atoms with van der Waals surface area (Å²) < 4.78 is 15.5. The zero-order valence-corrected chi connectivity index (χ0v) is 15.9. The number of hydrogen-bond acceptors (Lipinski definition) is 6. The highest BCUT2D eigenvalue weighted by atomic mass is 35.5. The molecular weight excluding hydrogens is 374 g/mol. The summed E-state index contributed by atoms with van der Waals surface area (Å²) >= 11 is 5.98. The van der Waals surface area contributed by atoms with Crippen LogP contribution in [0.5, 0.6) is 5.75 Å². The molecule has 0 unspecified atom stereocenters. The molecule has 1 saturated heterocycles. The molecule has 2 aliphatic rings. The zero-order valence-electron chi connectivity index (χ0n) is 15.1. The third kappa shape index (κ3) is 4.71. The van der Waals surface area contributed by atoms with Crippen molar-refractivity contribution in [1.82, 2.24) is 4.90 Å². The average Bonchev–Trinajstić information content (AvgIpc) is 2.70. The maximum atomic E-state index is 12.3. The van der Waals surface area contributed by atoms with Crippen molar-refractivity contribution in [2.24, 2.45) is 11.8 Å². The van der Waals surface area contributed by atoms with E-state index in [9.17, 15) is 14.4 Å². The molecule has 0 aromatic heterocycles. The van der Waals surface area contributed by atoms with Gasteiger partial charge in [0.2, 0.25) is 0 Å². The van der Waals surface area contributed by atoms with Gasteiger partial charge in [0.1, 0.15) is 12.4 Å². The number of halogens is 1. The Bertz CT molecular complexity index is 729. The highest BCUT2D eigenvalue weighted by molar-refractivity contribution is 6.30. The quantitative estimate of drug-likeness (QED) is 0.723. The minimum atomic E-state index is -0.464. The van der Waals surface area contributed by atoms with Crippen LogP contribution in [0.25, 0.3) is 0 Å². The number of likely N-dealkylation sites (tertiary alicyclic amines) is 1. The number of rotatable bonds is 4. The van der Waals surface area contributed by atoms with Gasteiger partial charge in [0.15, 0.2) is 6.61 Å². The number of carbonyl (C=O) groups is 3. The fourth-order valence-electron chi connectivity index (χ4n) is 3.39. The summed E-state index contributed by atoms with van der Waals surface area (Å²) in [5.41, 5.74) is 0.854. The first-order valence-electron chi connectivity index (χ1n) is 8.91. The molecule has 0 N–H and O–H groups in total. The Morgan fingerprint density at radius 3 is 2.63 bits per heavy atom. The topological polar surface area (TPSA) is 82.1 Å². The van der Waals surface area contributed by atoms with Crippen LogP contribution in [0.15, 0.2) is 18.2 Å². The molecule has 3 rings (SSSR count). The van der Waals surface area contributed by atoms with Gasteiger partial charge in [-0.25, -0.2) is 0 Å². The van der Waals surface area contributed by atoms with Crippen LogP contribution in [0, 0.1) is 11.8 Å². The molecule has 1 aromatic rings. The first-order chi connectivity index (χ1) is 13.0. The number of amides is 1. The van der Waals surface area contributed by atoms with Gasteiger partial charge in [0.25, 0.3) is 5.91 Å². The molecule has 1 atom stereocenters. The first kappa shape index (κ1) is 19.5. The Hall–Kier alpha value is -2.28. The lowest BCUT2D eigenvalue weighted by molar-refractivity contribution is -0.157. The molecule has 2 aliphatic heterocycles. The van der Waals surface area contributed by atoms with E-state index in [2.05, 4.69) is 0 Å². The number of carbonyl (C=O) groups excluding carboxylic acids is 3. The predicted molar refractivity (Wildman–Crippen MR) is 96.4 cm³/mol. The molecule has 146 valence electrons. The van der Waals surface area contributed by atoms with Gasteiger partial charge in [0, 0.05) is 18.1 Å². The van der Waals surface area contributed by atoms with Gasteiger partial charge in [-0.15, -0.1) is 0 Å². The maximum Gasteiger partial charge on any atom is 0.313 e. The Balaban J connectivity index is 1.46. The van der Waals surface area contributed by atoms with Gasteiger partial charge < -0.3 is 19.1 Å². The van der Waals surface area contributed by atoms with E-state index in [0.29, 0.717) is 43.1 Å². The van der Waals surface area contributed by atoms with Crippen LogP contribution < -0.4 is 4.74 Å². The van der Waals surface area contributed by atoms with Crippen molar-refractivity contribution < 1.29 is 28.6 Å². The Labute approximate surface area is 162 Å². The van der Waals surface area contributed by atoms with Crippen LogP contribution in [-0.2, 0) is 30.3 Å². The molecule has 0 saturated carbocycles. The third-order valence-electron chi connectivity index (χ3n) is 4.98. The minimum absolute atomic E-state index is 0.173. The van der Waals surface area contributed by atoms with Crippen molar-refractivity contribution in [3.05, 3.63) is 28.8 Å². The highest BCUT2D eigenvalue weighted by Gasteiger charge is 2.30. The first-order valence-corrected chi connectivity index (χ1v) is 9.29. The fraction of sp³-hybridized carbons (Fsp3) is 0.526. The molecule has 0 bridgehead atoms. The molecule has 0 spiro atoms. The Morgan fingerprint density at radius 2 is 1.93 bits per heavy atom. The molecule has 0 aliphatic carbocycles. The van der Waals surface area contributed by atoms with Crippen LogP contribution in [0.2, 0.25) is 5.02 Å². The molecule has 0 radical (unpaired) electrons. The molecular formula is C19H22ClNO6. The van der Waals surface area contributed by atoms with Crippen LogP contribution in [0.1, 0.15) is 18.4 Å². The molecule has 2 heterocycles. The second-order valence-electron chi connectivity index (χ2n) is 6.75. The standard InChI is InChI=1S/C19H22ClNO6/c1-25-18(23)12-4-6-21(7-5-12)17(22)11-27-19(24)14-8-13-9-15(20)2-3-16(13)26-10-14/h2-3,9,12,14H,4-8,10-11H2,1H3/t14-/m0/s1. The second-order valence-corrected chi connectivity index (χ2v) is 7.19. The van der Waals surface area contributed by atoms with Crippen LogP contribution in [0.3, 0.4) is 0 Å². The van der Waals surface area contributed by atoms with Crippen LogP contribution >= 0.6 is 11.6 Å². The summed E-state index contributed by atoms with van der Waals surface area (Å²) in [6.45, 7) is 0.815. The van der Waals surface area contributed by atoms with Crippen molar-refractivity contribution >= 4 is 29.4 Å². The van der Waals surface area contributed by atoms with Crippen molar-refractivity contribution in [3.8, 4) is 5.75 Å². The number of fused-ring (bicyclic) bond motifs is 1. The van der Waals surface area contributed by atoms with E-state index >= 15 is 0 Å². The second kappa shape index (κ2) is 8.61. The lowest BCUT2D eigenvalue weighted by atomic mass is 9.97. The SMILES string of the molecule is COC(=O)C1CCN(C(=O)COC(=O)[C@@H]2COc3ccc(Cl)cc3C2)CC1. The molecule has 7 nitrogen and oxygen atoms in total. The summed E-state index contributed by atoms with van der Waals surface area (Å²) in [6.07, 6.45) is 1.58. The highest BCUT2D eigenvalue weighted by Crippen LogP contribution is 2.30. The summed E-state index contributed by atoms with van der Waals surface area (Å²) in [4.78, 5) is 37.7. The van der Waals surface area contributed by atoms with Gasteiger partial charge in [-0.05, 0) is 43.0 Å². The van der Waals surface area contributed by atoms with Gasteiger partial charge in [-0.3, -0.25) is 14.4 Å². The smallest absolute Gasteiger partial charge is 0.313 e. The van der Waals surface area contributed by atoms with Crippen LogP contribution in [0.4, 0.5) is 0 Å². The summed E-state index contributed by atoms with van der Waals surface area (Å²) in [5.74, 6) is -0.883. The van der Waals surface area contributed by atoms with E-state index in [1.54, 1.807) is 23.1 Å². The van der Waals surface area contributed by atoms with Gasteiger partial charge in [-0.1, -0.05) is 11.6 Å². The largest absolute Gasteiger partial charge is 0.492 e. The van der Waals surface area contributed by atoms with Gasteiger partial charge in [-0.2, -0.15) is 0 Å². The number of piperidine rings is 1. The number of hydrogen-bond donors (Lipinski definition) is 0. The van der Waals surface area contributed by atoms with E-state index < -0.39 is 11.9 Å². The molecule has 1 fully saturated rings. The lowest BCUT2D eigenvalue weighted by Crippen LogP contribution is -2.43. The third-order valence-corrected chi connectivity index (χ3v) is 5.22. The molecule has 1 aromatic carbocycles. The van der Waals surface area contributed by atoms with E-state index in [-0.39, 0.29) is 31.0 Å². The van der Waals surface area contributed by atoms with E-state index in [1.165, 1.54) is 7.11 Å². The van der Waals surface area contributed by atoms with E-state index in [0.717, 1.165) is 5.56 Å². The minimum Gasteiger partial charge on any atom is -0.492 e. The van der Waals surface area contributed by atoms with E-state index in [1.807, 2.05) is 0 Å². The van der Waals surface area contributed by atoms with E-state index in [4.69, 9.17) is 25.8 Å². The molecule has 8 heteroatoms. The van der Waals surface area contributed by atoms with Crippen molar-refractivity contribution in [3.63, 3.8) is 0 Å². The van der Waals surface area contributed by atoms with Crippen LogP contribution in [-0.4, -0.2) is 56.2 Å². The Morgan fingerprint density at radius 1 is 1.19 bits per heavy atom. The van der Waals surface area contributed by atoms with Gasteiger partial charge in [0.05, 0.1) is 18.9 Å². The average molecular weight is 396 g/mol. The maximum absolute atomic E-state index is 12.3. The number of esters is 2. The molecule has 27 heavy (non-hydrogen) atoms. The number of nitrogens with zero attached hydrogens (tertiary/aromatic N) is 1. The van der Waals surface area contributed by atoms with Crippen molar-refractivity contribution in [2.75, 3.05) is 33.4 Å². The monoisotopic (exact) mass is 395 g/mol. The van der Waals surface area contributed by atoms with Crippen molar-refractivity contribution in [2.45, 2.75) is 19.3 Å². The number of methoxy groups -OCH3 is 1. The zero-order chi connectivity index (χ0) is 19.4. The van der Waals surface area contributed by atoms with Crippen molar-refractivity contribution in [1.29, 1.82) is 0 Å². The summed E-state index contributed by atoms with van der Waals surface area (Å²) in [7, 11) is 1.36. The predicted octanol–water partition coefficient (Wildman–Crippen LogP) is 1.85.